The maximum atomic E-state index is 9.23. The summed E-state index contributed by atoms with van der Waals surface area (Å²) in [5, 5.41) is 9.23. The Morgan fingerprint density at radius 2 is 2.25 bits per heavy atom. The second-order valence-corrected chi connectivity index (χ2v) is 2.48. The first-order valence-corrected chi connectivity index (χ1v) is 2.55. The van der Waals surface area contributed by atoms with E-state index in [1.165, 1.54) is 13.0 Å². The second-order valence-electron chi connectivity index (χ2n) is 2.48. The van der Waals surface area contributed by atoms with Crippen LogP contribution in [0.3, 0.4) is 0 Å². The van der Waals surface area contributed by atoms with Gasteiger partial charge in [-0.15, -0.1) is 0 Å². The molecule has 0 fully saturated rings. The van der Waals surface area contributed by atoms with E-state index in [0.29, 0.717) is 0 Å². The minimum atomic E-state index is -2.08. The summed E-state index contributed by atoms with van der Waals surface area (Å²) in [6, 6.07) is 0. The first kappa shape index (κ1) is 3.67. The molecule has 0 aliphatic carbocycles. The number of rotatable bonds is 1. The fourth-order valence-corrected chi connectivity index (χ4v) is 0.530. The molecule has 0 radical (unpaired) electrons. The highest BCUT2D eigenvalue weighted by molar-refractivity contribution is 5.02. The third-order valence-electron chi connectivity index (χ3n) is 0.570. The quantitative estimate of drug-likeness (QED) is 0.518. The van der Waals surface area contributed by atoms with Crippen LogP contribution in [0.1, 0.15) is 31.7 Å². The molecule has 0 saturated carbocycles. The molecule has 0 spiro atoms. The molecule has 0 aromatic rings. The van der Waals surface area contributed by atoms with Crippen molar-refractivity contribution in [3.8, 4) is 0 Å². The standard InChI is InChI=1S/C7H14O/c1-6(2)5-7(3,4)8/h5,8H,1-4H3/i1D3/b6-5+. The van der Waals surface area contributed by atoms with Gasteiger partial charge in [-0.1, -0.05) is 11.6 Å². The summed E-state index contributed by atoms with van der Waals surface area (Å²) in [5.74, 6) is 0. The molecular weight excluding hydrogens is 100 g/mol. The molecule has 0 rings (SSSR count). The Kier molecular flexibility index (Phi) is 1.06. The second kappa shape index (κ2) is 2.31. The predicted molar refractivity (Wildman–Crippen MR) is 35.7 cm³/mol. The summed E-state index contributed by atoms with van der Waals surface area (Å²) in [7, 11) is 0. The van der Waals surface area contributed by atoms with Crippen molar-refractivity contribution in [3.05, 3.63) is 11.6 Å². The molecular formula is C7H14O. The minimum Gasteiger partial charge on any atom is -0.386 e. The van der Waals surface area contributed by atoms with Crippen LogP contribution in [0.2, 0.25) is 0 Å². The van der Waals surface area contributed by atoms with Gasteiger partial charge in [0.25, 0.3) is 0 Å². The van der Waals surface area contributed by atoms with Crippen molar-refractivity contribution in [3.63, 3.8) is 0 Å². The Morgan fingerprint density at radius 3 is 2.38 bits per heavy atom. The van der Waals surface area contributed by atoms with Gasteiger partial charge in [0.05, 0.1) is 5.60 Å². The van der Waals surface area contributed by atoms with E-state index >= 15 is 0 Å². The van der Waals surface area contributed by atoms with E-state index in [4.69, 9.17) is 4.11 Å². The number of hydrogen-bond donors (Lipinski definition) is 1. The van der Waals surface area contributed by atoms with E-state index in [9.17, 15) is 5.11 Å². The summed E-state index contributed by atoms with van der Waals surface area (Å²) in [6.45, 7) is 2.50. The number of hydrogen-bond acceptors (Lipinski definition) is 1. The van der Waals surface area contributed by atoms with Crippen molar-refractivity contribution in [2.75, 3.05) is 0 Å². The highest BCUT2D eigenvalue weighted by Gasteiger charge is 2.05. The van der Waals surface area contributed by atoms with Crippen molar-refractivity contribution in [1.82, 2.24) is 0 Å². The zero-order valence-electron chi connectivity index (χ0n) is 8.52. The highest BCUT2D eigenvalue weighted by atomic mass is 16.3. The minimum absolute atomic E-state index is 0.227. The van der Waals surface area contributed by atoms with Gasteiger partial charge in [-0.2, -0.15) is 0 Å². The average molecular weight is 117 g/mol. The van der Waals surface area contributed by atoms with Gasteiger partial charge in [0.2, 0.25) is 0 Å². The zero-order valence-corrected chi connectivity index (χ0v) is 5.52. The van der Waals surface area contributed by atoms with Crippen LogP contribution < -0.4 is 0 Å². The molecule has 0 heterocycles. The molecule has 0 aliphatic rings. The van der Waals surface area contributed by atoms with Crippen LogP contribution in [0.25, 0.3) is 0 Å². The molecule has 0 aliphatic heterocycles. The summed E-state index contributed by atoms with van der Waals surface area (Å²) in [6.07, 6.45) is 1.35. The van der Waals surface area contributed by atoms with E-state index in [1.54, 1.807) is 13.8 Å². The summed E-state index contributed by atoms with van der Waals surface area (Å²) < 4.78 is 20.9. The van der Waals surface area contributed by atoms with Gasteiger partial charge < -0.3 is 5.11 Å². The molecule has 1 N–H and O–H groups in total. The fourth-order valence-electron chi connectivity index (χ4n) is 0.530. The Bertz CT molecular complexity index is 162. The Labute approximate surface area is 55.2 Å². The first-order chi connectivity index (χ1) is 4.63. The smallest absolute Gasteiger partial charge is 0.0774 e. The lowest BCUT2D eigenvalue weighted by Gasteiger charge is -2.10. The third-order valence-corrected chi connectivity index (χ3v) is 0.570. The van der Waals surface area contributed by atoms with E-state index < -0.39 is 12.5 Å². The topological polar surface area (TPSA) is 20.2 Å². The summed E-state index contributed by atoms with van der Waals surface area (Å²) >= 11 is 0. The van der Waals surface area contributed by atoms with Gasteiger partial charge >= 0.3 is 0 Å². The summed E-state index contributed by atoms with van der Waals surface area (Å²) in [4.78, 5) is 0. The van der Waals surface area contributed by atoms with Crippen molar-refractivity contribution in [1.29, 1.82) is 0 Å². The van der Waals surface area contributed by atoms with Gasteiger partial charge in [0.1, 0.15) is 0 Å². The van der Waals surface area contributed by atoms with E-state index in [1.807, 2.05) is 0 Å². The average Bonchev–Trinajstić information content (AvgIpc) is 1.56. The molecule has 48 valence electrons. The van der Waals surface area contributed by atoms with E-state index in [-0.39, 0.29) is 5.57 Å². The Morgan fingerprint density at radius 1 is 1.75 bits per heavy atom. The molecule has 0 atom stereocenters. The maximum absolute atomic E-state index is 9.23. The van der Waals surface area contributed by atoms with Gasteiger partial charge in [0, 0.05) is 4.11 Å². The lowest BCUT2D eigenvalue weighted by molar-refractivity contribution is 0.132. The number of aliphatic hydroxyl groups is 1. The first-order valence-electron chi connectivity index (χ1n) is 4.05. The van der Waals surface area contributed by atoms with Gasteiger partial charge in [0.15, 0.2) is 0 Å². The monoisotopic (exact) mass is 117 g/mol. The van der Waals surface area contributed by atoms with Crippen LogP contribution in [0.4, 0.5) is 0 Å². The van der Waals surface area contributed by atoms with E-state index in [0.717, 1.165) is 0 Å². The van der Waals surface area contributed by atoms with Crippen LogP contribution in [0, 0.1) is 0 Å². The molecule has 1 heteroatoms. The van der Waals surface area contributed by atoms with Crippen molar-refractivity contribution >= 4 is 0 Å². The van der Waals surface area contributed by atoms with Crippen LogP contribution in [-0.4, -0.2) is 10.7 Å². The Balaban J connectivity index is 4.49. The van der Waals surface area contributed by atoms with Crippen LogP contribution in [0.5, 0.6) is 0 Å². The lowest BCUT2D eigenvalue weighted by Crippen LogP contribution is -2.14. The zero-order chi connectivity index (χ0) is 9.28. The van der Waals surface area contributed by atoms with Crippen LogP contribution in [0.15, 0.2) is 11.6 Å². The van der Waals surface area contributed by atoms with Crippen molar-refractivity contribution in [2.45, 2.75) is 33.2 Å². The maximum Gasteiger partial charge on any atom is 0.0774 e. The van der Waals surface area contributed by atoms with Gasteiger partial charge in [-0.05, 0) is 27.6 Å². The van der Waals surface area contributed by atoms with Gasteiger partial charge in [-0.25, -0.2) is 0 Å². The highest BCUT2D eigenvalue weighted by Crippen LogP contribution is 2.05. The molecule has 0 unspecified atom stereocenters. The molecule has 0 amide bonds. The largest absolute Gasteiger partial charge is 0.386 e. The SMILES string of the molecule is [2H]C([2H])([2H])/C(C)=C\C(C)(C)O. The Hall–Kier alpha value is -0.300. The molecule has 1 nitrogen and oxygen atoms in total. The van der Waals surface area contributed by atoms with Crippen LogP contribution >= 0.6 is 0 Å². The molecule has 8 heavy (non-hydrogen) atoms. The molecule has 0 aromatic heterocycles. The third kappa shape index (κ3) is 5.70. The van der Waals surface area contributed by atoms with Gasteiger partial charge in [-0.3, -0.25) is 0 Å². The molecule has 0 aromatic carbocycles. The number of allylic oxidation sites excluding steroid dienone is 1. The molecule has 0 bridgehead atoms. The summed E-state index contributed by atoms with van der Waals surface area (Å²) in [5.41, 5.74) is -0.816. The molecule has 0 saturated heterocycles. The van der Waals surface area contributed by atoms with Crippen molar-refractivity contribution in [2.24, 2.45) is 0 Å². The fraction of sp³-hybridized carbons (Fsp3) is 0.714. The normalized spacial score (nSPS) is 21.5. The van der Waals surface area contributed by atoms with Crippen LogP contribution in [-0.2, 0) is 0 Å². The predicted octanol–water partition coefficient (Wildman–Crippen LogP) is 1.72. The van der Waals surface area contributed by atoms with Crippen molar-refractivity contribution < 1.29 is 9.22 Å². The lowest BCUT2D eigenvalue weighted by atomic mass is 10.1. The van der Waals surface area contributed by atoms with E-state index in [2.05, 4.69) is 0 Å².